The molecular weight excluding hydrogens is 276 g/mol. The molecular formula is C14H14N2O3S. The second-order valence-corrected chi connectivity index (χ2v) is 4.71. The molecule has 0 aliphatic carbocycles. The van der Waals surface area contributed by atoms with Crippen molar-refractivity contribution in [3.05, 3.63) is 43.0 Å². The Hall–Kier alpha value is -2.21. The zero-order valence-corrected chi connectivity index (χ0v) is 11.5. The minimum atomic E-state index is -1.03. The zero-order chi connectivity index (χ0) is 14.7. The highest BCUT2D eigenvalue weighted by atomic mass is 32.1. The highest BCUT2D eigenvalue weighted by Gasteiger charge is 2.43. The molecule has 1 aliphatic heterocycles. The Labute approximate surface area is 122 Å². The second kappa shape index (κ2) is 5.83. The lowest BCUT2D eigenvalue weighted by Crippen LogP contribution is -2.36. The number of thiocarbonyl (C=S) groups is 1. The molecule has 0 saturated carbocycles. The number of amides is 1. The molecule has 1 aliphatic rings. The van der Waals surface area contributed by atoms with E-state index >= 15 is 0 Å². The van der Waals surface area contributed by atoms with Crippen molar-refractivity contribution < 1.29 is 14.7 Å². The Balaban J connectivity index is 2.36. The topological polar surface area (TPSA) is 60.9 Å². The molecule has 1 atom stereocenters. The summed E-state index contributed by atoms with van der Waals surface area (Å²) in [5, 5.41) is 9.27. The van der Waals surface area contributed by atoms with E-state index in [1.807, 2.05) is 6.07 Å². The predicted molar refractivity (Wildman–Crippen MR) is 79.5 cm³/mol. The number of para-hydroxylation sites is 1. The van der Waals surface area contributed by atoms with Crippen LogP contribution >= 0.6 is 12.2 Å². The molecule has 1 saturated heterocycles. The molecule has 6 heteroatoms. The number of aliphatic carboxylic acids is 1. The van der Waals surface area contributed by atoms with Crippen LogP contribution in [0.15, 0.2) is 43.0 Å². The molecule has 0 bridgehead atoms. The van der Waals surface area contributed by atoms with Crippen LogP contribution in [0.2, 0.25) is 0 Å². The first kappa shape index (κ1) is 14.2. The number of carboxylic acids is 1. The van der Waals surface area contributed by atoms with Gasteiger partial charge in [0.25, 0.3) is 5.91 Å². The van der Waals surface area contributed by atoms with E-state index in [1.54, 1.807) is 35.2 Å². The van der Waals surface area contributed by atoms with Crippen molar-refractivity contribution in [2.75, 3.05) is 11.4 Å². The van der Waals surface area contributed by atoms with Crippen LogP contribution in [-0.2, 0) is 9.59 Å². The van der Waals surface area contributed by atoms with E-state index in [0.717, 1.165) is 0 Å². The fourth-order valence-electron chi connectivity index (χ4n) is 2.16. The molecule has 1 fully saturated rings. The van der Waals surface area contributed by atoms with Crippen LogP contribution in [0.25, 0.3) is 0 Å². The third-order valence-electron chi connectivity index (χ3n) is 3.03. The summed E-state index contributed by atoms with van der Waals surface area (Å²) in [7, 11) is 0. The number of hydrogen-bond acceptors (Lipinski definition) is 3. The number of carbonyl (C=O) groups is 2. The van der Waals surface area contributed by atoms with E-state index in [4.69, 9.17) is 17.3 Å². The van der Waals surface area contributed by atoms with E-state index in [1.165, 1.54) is 4.90 Å². The van der Waals surface area contributed by atoms with Gasteiger partial charge in [-0.2, -0.15) is 0 Å². The fourth-order valence-corrected chi connectivity index (χ4v) is 2.56. The average Bonchev–Trinajstić information content (AvgIpc) is 2.64. The molecule has 5 nitrogen and oxygen atoms in total. The van der Waals surface area contributed by atoms with Crippen molar-refractivity contribution in [3.8, 4) is 0 Å². The lowest BCUT2D eigenvalue weighted by atomic mass is 10.2. The minimum absolute atomic E-state index is 0.282. The smallest absolute Gasteiger partial charge is 0.305 e. The Morgan fingerprint density at radius 3 is 2.60 bits per heavy atom. The van der Waals surface area contributed by atoms with Gasteiger partial charge in [-0.1, -0.05) is 24.3 Å². The first-order chi connectivity index (χ1) is 9.56. The number of hydrogen-bond donors (Lipinski definition) is 1. The third kappa shape index (κ3) is 2.55. The molecule has 104 valence electrons. The van der Waals surface area contributed by atoms with Gasteiger partial charge in [0, 0.05) is 6.54 Å². The van der Waals surface area contributed by atoms with Crippen molar-refractivity contribution in [1.29, 1.82) is 0 Å². The van der Waals surface area contributed by atoms with Crippen LogP contribution in [0.1, 0.15) is 6.42 Å². The maximum atomic E-state index is 12.4. The summed E-state index contributed by atoms with van der Waals surface area (Å²) < 4.78 is 0. The molecule has 2 rings (SSSR count). The summed E-state index contributed by atoms with van der Waals surface area (Å²) >= 11 is 5.31. The van der Waals surface area contributed by atoms with E-state index < -0.39 is 12.0 Å². The summed E-state index contributed by atoms with van der Waals surface area (Å²) in [6.07, 6.45) is 1.32. The van der Waals surface area contributed by atoms with Gasteiger partial charge in [0.15, 0.2) is 5.11 Å². The monoisotopic (exact) mass is 290 g/mol. The molecule has 20 heavy (non-hydrogen) atoms. The van der Waals surface area contributed by atoms with Gasteiger partial charge in [-0.3, -0.25) is 14.5 Å². The van der Waals surface area contributed by atoms with E-state index in [-0.39, 0.29) is 12.3 Å². The third-order valence-corrected chi connectivity index (χ3v) is 3.44. The first-order valence-electron chi connectivity index (χ1n) is 6.08. The number of rotatable bonds is 5. The molecule has 0 spiro atoms. The molecule has 0 aromatic heterocycles. The van der Waals surface area contributed by atoms with Crippen molar-refractivity contribution in [2.24, 2.45) is 0 Å². The molecule has 1 amide bonds. The second-order valence-electron chi connectivity index (χ2n) is 4.35. The van der Waals surface area contributed by atoms with E-state index in [0.29, 0.717) is 17.3 Å². The van der Waals surface area contributed by atoms with Gasteiger partial charge in [0.05, 0.1) is 12.1 Å². The van der Waals surface area contributed by atoms with Gasteiger partial charge in [0.2, 0.25) is 0 Å². The van der Waals surface area contributed by atoms with Gasteiger partial charge in [0.1, 0.15) is 6.04 Å². The summed E-state index contributed by atoms with van der Waals surface area (Å²) in [5.41, 5.74) is 0.643. The number of carboxylic acid groups (broad SMARTS) is 1. The van der Waals surface area contributed by atoms with Crippen molar-refractivity contribution >= 4 is 34.9 Å². The van der Waals surface area contributed by atoms with E-state index in [2.05, 4.69) is 6.58 Å². The quantitative estimate of drug-likeness (QED) is 0.660. The number of carbonyl (C=O) groups excluding carboxylic acids is 1. The van der Waals surface area contributed by atoms with Crippen molar-refractivity contribution in [3.63, 3.8) is 0 Å². The molecule has 0 radical (unpaired) electrons. The lowest BCUT2D eigenvalue weighted by molar-refractivity contribution is -0.139. The Kier molecular flexibility index (Phi) is 4.14. The fraction of sp³-hybridized carbons (Fsp3) is 0.214. The lowest BCUT2D eigenvalue weighted by Gasteiger charge is -2.21. The van der Waals surface area contributed by atoms with Crippen LogP contribution in [0, 0.1) is 0 Å². The standard InChI is InChI=1S/C14H14N2O3S/c1-2-8-15-11(9-12(17)18)13(19)16(14(15)20)10-6-4-3-5-7-10/h2-7,11H,1,8-9H2,(H,17,18). The minimum Gasteiger partial charge on any atom is -0.481 e. The summed E-state index contributed by atoms with van der Waals surface area (Å²) in [6.45, 7) is 3.96. The summed E-state index contributed by atoms with van der Waals surface area (Å²) in [5.74, 6) is -1.35. The molecule has 1 aromatic rings. The summed E-state index contributed by atoms with van der Waals surface area (Å²) in [4.78, 5) is 26.3. The van der Waals surface area contributed by atoms with Crippen LogP contribution < -0.4 is 4.90 Å². The number of benzene rings is 1. The zero-order valence-electron chi connectivity index (χ0n) is 10.7. The first-order valence-corrected chi connectivity index (χ1v) is 6.49. The molecule has 1 heterocycles. The number of anilines is 1. The van der Waals surface area contributed by atoms with Crippen LogP contribution in [-0.4, -0.2) is 39.6 Å². The Morgan fingerprint density at radius 2 is 2.05 bits per heavy atom. The molecule has 1 N–H and O–H groups in total. The SMILES string of the molecule is C=CCN1C(=S)N(c2ccccc2)C(=O)C1CC(=O)O. The van der Waals surface area contributed by atoms with Gasteiger partial charge in [-0.15, -0.1) is 6.58 Å². The Bertz CT molecular complexity index is 559. The molecule has 1 unspecified atom stereocenters. The predicted octanol–water partition coefficient (Wildman–Crippen LogP) is 1.65. The summed E-state index contributed by atoms with van der Waals surface area (Å²) in [6, 6.07) is 8.18. The van der Waals surface area contributed by atoms with Gasteiger partial charge >= 0.3 is 5.97 Å². The van der Waals surface area contributed by atoms with Crippen molar-refractivity contribution in [1.82, 2.24) is 4.90 Å². The van der Waals surface area contributed by atoms with Gasteiger partial charge < -0.3 is 10.0 Å². The van der Waals surface area contributed by atoms with Gasteiger partial charge in [-0.25, -0.2) is 0 Å². The maximum absolute atomic E-state index is 12.4. The van der Waals surface area contributed by atoms with Crippen LogP contribution in [0.3, 0.4) is 0 Å². The average molecular weight is 290 g/mol. The molecule has 1 aromatic carbocycles. The largest absolute Gasteiger partial charge is 0.481 e. The van der Waals surface area contributed by atoms with Crippen LogP contribution in [0.5, 0.6) is 0 Å². The van der Waals surface area contributed by atoms with Crippen LogP contribution in [0.4, 0.5) is 5.69 Å². The number of nitrogens with zero attached hydrogens (tertiary/aromatic N) is 2. The van der Waals surface area contributed by atoms with Gasteiger partial charge in [-0.05, 0) is 24.4 Å². The highest BCUT2D eigenvalue weighted by Crippen LogP contribution is 2.26. The van der Waals surface area contributed by atoms with E-state index in [9.17, 15) is 9.59 Å². The van der Waals surface area contributed by atoms with Crippen molar-refractivity contribution in [2.45, 2.75) is 12.5 Å². The maximum Gasteiger partial charge on any atom is 0.305 e. The highest BCUT2D eigenvalue weighted by molar-refractivity contribution is 7.80. The normalized spacial score (nSPS) is 18.5. The Morgan fingerprint density at radius 1 is 1.40 bits per heavy atom.